The van der Waals surface area contributed by atoms with Crippen molar-refractivity contribution in [3.8, 4) is 5.75 Å². The van der Waals surface area contributed by atoms with Gasteiger partial charge in [-0.3, -0.25) is 0 Å². The summed E-state index contributed by atoms with van der Waals surface area (Å²) in [4.78, 5) is 0. The molecule has 0 radical (unpaired) electrons. The molecule has 0 aliphatic rings. The number of hydrogen-bond donors (Lipinski definition) is 0. The Hall–Kier alpha value is -0.813. The second-order valence-corrected chi connectivity index (χ2v) is 6.68. The summed E-state index contributed by atoms with van der Waals surface area (Å²) in [6.07, 6.45) is 0. The van der Waals surface area contributed by atoms with E-state index in [-0.39, 0.29) is 9.39 Å². The van der Waals surface area contributed by atoms with Crippen LogP contribution in [0.3, 0.4) is 0 Å². The molecule has 0 fully saturated rings. The summed E-state index contributed by atoms with van der Waals surface area (Å²) in [5.74, 6) is 0.377. The van der Waals surface area contributed by atoms with Gasteiger partial charge in [-0.25, -0.2) is 0 Å². The summed E-state index contributed by atoms with van der Waals surface area (Å²) in [6.45, 7) is 0. The Kier molecular flexibility index (Phi) is 2.30. The van der Waals surface area contributed by atoms with Gasteiger partial charge in [-0.1, -0.05) is 18.2 Å². The van der Waals surface area contributed by atoms with Crippen molar-refractivity contribution in [2.45, 2.75) is 0 Å². The third-order valence-electron chi connectivity index (χ3n) is 0.991. The maximum absolute atomic E-state index is 10.6. The molecular weight excluding hydrogens is 180 g/mol. The normalized spacial score (nSPS) is 11.3. The van der Waals surface area contributed by atoms with Gasteiger partial charge >= 0.3 is 0 Å². The van der Waals surface area contributed by atoms with E-state index >= 15 is 0 Å². The maximum atomic E-state index is 10.6. The minimum absolute atomic E-state index is 0.0129. The molecule has 0 aromatic heterocycles. The summed E-state index contributed by atoms with van der Waals surface area (Å²) in [5, 5.41) is 0. The average molecular weight is 188 g/mol. The van der Waals surface area contributed by atoms with Crippen LogP contribution in [0.2, 0.25) is 0 Å². The summed E-state index contributed by atoms with van der Waals surface area (Å²) >= 11 is 0. The lowest BCUT2D eigenvalue weighted by Gasteiger charge is -2.00. The zero-order valence-corrected chi connectivity index (χ0v) is 8.84. The molecule has 0 unspecified atom stereocenters. The largest absolute Gasteiger partial charge is 0.389 e. The highest BCUT2D eigenvalue weighted by Crippen LogP contribution is 2.09. The predicted octanol–water partition coefficient (Wildman–Crippen LogP) is -0.324. The van der Waals surface area contributed by atoms with Gasteiger partial charge in [-0.05, 0) is 12.1 Å². The molecule has 0 amide bonds. The fourth-order valence-electron chi connectivity index (χ4n) is 0.651. The highest BCUT2D eigenvalue weighted by molar-refractivity contribution is 8.08. The highest BCUT2D eigenvalue weighted by atomic mass is 32.4. The molecule has 1 rings (SSSR count). The van der Waals surface area contributed by atoms with Crippen LogP contribution in [0.1, 0.15) is 0 Å². The van der Waals surface area contributed by atoms with Crippen LogP contribution >= 0.6 is 0 Å². The maximum Gasteiger partial charge on any atom is 0.258 e. The van der Waals surface area contributed by atoms with Gasteiger partial charge in [-0.2, -0.15) is 8.42 Å². The Bertz CT molecular complexity index is 319. The first-order valence-corrected chi connectivity index (χ1v) is 7.29. The van der Waals surface area contributed by atoms with Crippen molar-refractivity contribution in [2.75, 3.05) is 0 Å². The van der Waals surface area contributed by atoms with Gasteiger partial charge in [0.15, 0.2) is 9.39 Å². The zero-order chi connectivity index (χ0) is 8.32. The average Bonchev–Trinajstić information content (AvgIpc) is 1.85. The fourth-order valence-corrected chi connectivity index (χ4v) is 1.69. The second kappa shape index (κ2) is 3.06. The van der Waals surface area contributed by atoms with Crippen molar-refractivity contribution in [3.05, 3.63) is 30.3 Å². The third-order valence-corrected chi connectivity index (χ3v) is 1.99. The Morgan fingerprint density at radius 2 is 1.73 bits per heavy atom. The number of rotatable bonds is 2. The van der Waals surface area contributed by atoms with Crippen molar-refractivity contribution in [1.29, 1.82) is 0 Å². The van der Waals surface area contributed by atoms with Crippen molar-refractivity contribution in [3.63, 3.8) is 0 Å². The van der Waals surface area contributed by atoms with E-state index in [1.807, 2.05) is 0 Å². The second-order valence-electron chi connectivity index (χ2n) is 2.10. The molecule has 0 aliphatic heterocycles. The smallest absolute Gasteiger partial charge is 0.258 e. The molecule has 0 atom stereocenters. The van der Waals surface area contributed by atoms with E-state index in [1.54, 1.807) is 30.3 Å². The van der Waals surface area contributed by atoms with Gasteiger partial charge in [0, 0.05) is 0 Å². The van der Waals surface area contributed by atoms with E-state index in [9.17, 15) is 8.42 Å². The van der Waals surface area contributed by atoms with Crippen molar-refractivity contribution in [1.82, 2.24) is 0 Å². The molecule has 5 heteroatoms. The van der Waals surface area contributed by atoms with Gasteiger partial charge in [-0.15, -0.1) is 0 Å². The fraction of sp³-hybridized carbons (Fsp3) is 0. The molecular formula is C6H8O3SSi. The molecule has 0 saturated heterocycles. The van der Waals surface area contributed by atoms with E-state index in [0.717, 1.165) is 0 Å². The molecule has 60 valence electrons. The Morgan fingerprint density at radius 1 is 1.18 bits per heavy atom. The SMILES string of the molecule is O=S(=O)([SiH3])Oc1ccccc1. The van der Waals surface area contributed by atoms with Gasteiger partial charge < -0.3 is 4.18 Å². The van der Waals surface area contributed by atoms with E-state index in [4.69, 9.17) is 0 Å². The predicted molar refractivity (Wildman–Crippen MR) is 45.9 cm³/mol. The first kappa shape index (κ1) is 8.29. The minimum atomic E-state index is -3.24. The molecule has 11 heavy (non-hydrogen) atoms. The van der Waals surface area contributed by atoms with Crippen LogP contribution in [-0.2, 0) is 9.57 Å². The molecule has 3 nitrogen and oxygen atoms in total. The highest BCUT2D eigenvalue weighted by Gasteiger charge is 2.00. The van der Waals surface area contributed by atoms with Crippen LogP contribution in [0.15, 0.2) is 30.3 Å². The Labute approximate surface area is 68.2 Å². The van der Waals surface area contributed by atoms with Gasteiger partial charge in [0.2, 0.25) is 0 Å². The molecule has 0 heterocycles. The van der Waals surface area contributed by atoms with Crippen LogP contribution < -0.4 is 4.18 Å². The molecule has 0 spiro atoms. The van der Waals surface area contributed by atoms with Crippen molar-refractivity contribution in [2.24, 2.45) is 0 Å². The van der Waals surface area contributed by atoms with Crippen LogP contribution in [0, 0.1) is 0 Å². The summed E-state index contributed by atoms with van der Waals surface area (Å²) in [7, 11) is -3.23. The van der Waals surface area contributed by atoms with E-state index in [0.29, 0.717) is 5.75 Å². The lowest BCUT2D eigenvalue weighted by molar-refractivity contribution is 0.503. The molecule has 0 N–H and O–H groups in total. The standard InChI is InChI=1S/C6H8O3SSi/c7-10(8,11)9-6-4-2-1-3-5-6/h1-5H,11H3. The first-order chi connectivity index (χ1) is 5.08. The topological polar surface area (TPSA) is 43.4 Å². The Balaban J connectivity index is 2.82. The van der Waals surface area contributed by atoms with Gasteiger partial charge in [0.1, 0.15) is 5.75 Å². The molecule has 0 aliphatic carbocycles. The van der Waals surface area contributed by atoms with Crippen molar-refractivity contribution < 1.29 is 12.6 Å². The van der Waals surface area contributed by atoms with Crippen LogP contribution in [0.5, 0.6) is 5.75 Å². The lowest BCUT2D eigenvalue weighted by Crippen LogP contribution is -2.07. The van der Waals surface area contributed by atoms with E-state index in [1.165, 1.54) is 0 Å². The van der Waals surface area contributed by atoms with Crippen LogP contribution in [0.4, 0.5) is 0 Å². The van der Waals surface area contributed by atoms with Crippen LogP contribution in [-0.4, -0.2) is 17.8 Å². The number of para-hydroxylation sites is 1. The Morgan fingerprint density at radius 3 is 2.18 bits per heavy atom. The lowest BCUT2D eigenvalue weighted by atomic mass is 10.3. The molecule has 0 saturated carbocycles. The zero-order valence-electron chi connectivity index (χ0n) is 6.02. The third kappa shape index (κ3) is 3.19. The molecule has 0 bridgehead atoms. The molecule has 1 aromatic rings. The van der Waals surface area contributed by atoms with E-state index < -0.39 is 9.57 Å². The summed E-state index contributed by atoms with van der Waals surface area (Å²) in [5.41, 5.74) is 0. The summed E-state index contributed by atoms with van der Waals surface area (Å²) < 4.78 is 25.9. The molecule has 1 aromatic carbocycles. The number of benzene rings is 1. The van der Waals surface area contributed by atoms with Crippen molar-refractivity contribution >= 4 is 19.0 Å². The van der Waals surface area contributed by atoms with Crippen LogP contribution in [0.25, 0.3) is 0 Å². The van der Waals surface area contributed by atoms with Gasteiger partial charge in [0.05, 0.1) is 0 Å². The quantitative estimate of drug-likeness (QED) is 0.597. The number of hydrogen-bond acceptors (Lipinski definition) is 3. The summed E-state index contributed by atoms with van der Waals surface area (Å²) in [6, 6.07) is 8.46. The van der Waals surface area contributed by atoms with E-state index in [2.05, 4.69) is 4.18 Å². The first-order valence-electron chi connectivity index (χ1n) is 3.02. The van der Waals surface area contributed by atoms with Gasteiger partial charge in [0.25, 0.3) is 9.57 Å². The monoisotopic (exact) mass is 188 g/mol. The minimum Gasteiger partial charge on any atom is -0.389 e.